The molecule has 0 unspecified atom stereocenters. The van der Waals surface area contributed by atoms with Gasteiger partial charge in [0.25, 0.3) is 5.91 Å². The van der Waals surface area contributed by atoms with E-state index >= 15 is 0 Å². The van der Waals surface area contributed by atoms with Crippen LogP contribution in [0.2, 0.25) is 0 Å². The van der Waals surface area contributed by atoms with Gasteiger partial charge in [-0.1, -0.05) is 23.8 Å². The Morgan fingerprint density at radius 2 is 1.56 bits per heavy atom. The van der Waals surface area contributed by atoms with Gasteiger partial charge in [0.15, 0.2) is 13.2 Å². The maximum atomic E-state index is 11.9. The quantitative estimate of drug-likeness (QED) is 0.817. The number of nitrogens with one attached hydrogen (secondary N) is 1. The first-order valence-corrected chi connectivity index (χ1v) is 8.07. The van der Waals surface area contributed by atoms with Crippen LogP contribution in [0.15, 0.2) is 36.4 Å². The third-order valence-corrected chi connectivity index (χ3v) is 3.57. The lowest BCUT2D eigenvalue weighted by molar-refractivity contribution is -0.149. The molecule has 0 aliphatic carbocycles. The van der Waals surface area contributed by atoms with Crippen LogP contribution in [0.25, 0.3) is 0 Å². The Bertz CT molecular complexity index is 763. The number of aryl methyl sites for hydroxylation is 4. The highest BCUT2D eigenvalue weighted by Gasteiger charge is 2.10. The molecule has 0 saturated heterocycles. The summed E-state index contributed by atoms with van der Waals surface area (Å²) in [7, 11) is 0. The fraction of sp³-hybridized carbons (Fsp3) is 0.300. The van der Waals surface area contributed by atoms with Crippen LogP contribution in [-0.4, -0.2) is 25.1 Å². The summed E-state index contributed by atoms with van der Waals surface area (Å²) in [6.07, 6.45) is 0. The molecule has 0 saturated carbocycles. The standard InChI is InChI=1S/C20H23NO4/c1-13-5-6-18(16(4)8-13)21-19(22)11-25-20(23)12-24-17-9-14(2)7-15(3)10-17/h5-10H,11-12H2,1-4H3,(H,21,22). The number of carbonyl (C=O) groups excluding carboxylic acids is 2. The molecule has 1 N–H and O–H groups in total. The van der Waals surface area contributed by atoms with E-state index in [-0.39, 0.29) is 19.1 Å². The topological polar surface area (TPSA) is 64.6 Å². The number of benzene rings is 2. The summed E-state index contributed by atoms with van der Waals surface area (Å²) in [6.45, 7) is 7.22. The zero-order chi connectivity index (χ0) is 18.4. The second kappa shape index (κ2) is 8.33. The van der Waals surface area contributed by atoms with Crippen LogP contribution < -0.4 is 10.1 Å². The highest BCUT2D eigenvalue weighted by atomic mass is 16.6. The smallest absolute Gasteiger partial charge is 0.344 e. The van der Waals surface area contributed by atoms with E-state index in [4.69, 9.17) is 9.47 Å². The van der Waals surface area contributed by atoms with Gasteiger partial charge in [-0.3, -0.25) is 4.79 Å². The Balaban J connectivity index is 1.78. The molecule has 0 aliphatic rings. The number of ether oxygens (including phenoxy) is 2. The molecule has 0 radical (unpaired) electrons. The summed E-state index contributed by atoms with van der Waals surface area (Å²) in [5.74, 6) is -0.365. The lowest BCUT2D eigenvalue weighted by atomic mass is 10.1. The van der Waals surface area contributed by atoms with Gasteiger partial charge < -0.3 is 14.8 Å². The second-order valence-electron chi connectivity index (χ2n) is 6.14. The number of esters is 1. The molecule has 5 heteroatoms. The van der Waals surface area contributed by atoms with Crippen molar-refractivity contribution in [1.82, 2.24) is 0 Å². The van der Waals surface area contributed by atoms with Crippen LogP contribution >= 0.6 is 0 Å². The van der Waals surface area contributed by atoms with E-state index < -0.39 is 5.97 Å². The van der Waals surface area contributed by atoms with Gasteiger partial charge in [-0.2, -0.15) is 0 Å². The molecule has 132 valence electrons. The molecule has 0 aliphatic heterocycles. The van der Waals surface area contributed by atoms with Gasteiger partial charge in [-0.25, -0.2) is 4.79 Å². The molecule has 0 aromatic heterocycles. The van der Waals surface area contributed by atoms with Gasteiger partial charge in [0.2, 0.25) is 0 Å². The summed E-state index contributed by atoms with van der Waals surface area (Å²) in [5.41, 5.74) is 4.88. The van der Waals surface area contributed by atoms with Crippen molar-refractivity contribution in [3.8, 4) is 5.75 Å². The van der Waals surface area contributed by atoms with Crippen molar-refractivity contribution in [2.24, 2.45) is 0 Å². The minimum atomic E-state index is -0.588. The van der Waals surface area contributed by atoms with Crippen molar-refractivity contribution in [2.45, 2.75) is 27.7 Å². The van der Waals surface area contributed by atoms with Crippen LogP contribution in [0.3, 0.4) is 0 Å². The molecule has 0 spiro atoms. The van der Waals surface area contributed by atoms with Gasteiger partial charge in [-0.05, 0) is 62.6 Å². The molecule has 1 amide bonds. The van der Waals surface area contributed by atoms with Gasteiger partial charge in [0, 0.05) is 5.69 Å². The Kier molecular flexibility index (Phi) is 6.17. The van der Waals surface area contributed by atoms with Gasteiger partial charge in [0.05, 0.1) is 0 Å². The van der Waals surface area contributed by atoms with Crippen molar-refractivity contribution < 1.29 is 19.1 Å². The molecular formula is C20H23NO4. The summed E-state index contributed by atoms with van der Waals surface area (Å²) >= 11 is 0. The van der Waals surface area contributed by atoms with Gasteiger partial charge in [-0.15, -0.1) is 0 Å². The van der Waals surface area contributed by atoms with E-state index in [2.05, 4.69) is 5.32 Å². The van der Waals surface area contributed by atoms with Crippen LogP contribution in [-0.2, 0) is 14.3 Å². The van der Waals surface area contributed by atoms with Crippen LogP contribution in [0.4, 0.5) is 5.69 Å². The van der Waals surface area contributed by atoms with E-state index in [0.29, 0.717) is 11.4 Å². The Labute approximate surface area is 148 Å². The van der Waals surface area contributed by atoms with E-state index in [9.17, 15) is 9.59 Å². The average molecular weight is 341 g/mol. The molecule has 0 fully saturated rings. The van der Waals surface area contributed by atoms with E-state index in [1.165, 1.54) is 0 Å². The number of carbonyl (C=O) groups is 2. The minimum absolute atomic E-state index is 0.236. The normalized spacial score (nSPS) is 10.2. The molecule has 2 aromatic rings. The third kappa shape index (κ3) is 5.95. The van der Waals surface area contributed by atoms with Crippen molar-refractivity contribution in [3.05, 3.63) is 58.7 Å². The molecule has 0 heterocycles. The number of amides is 1. The first kappa shape index (κ1) is 18.5. The third-order valence-electron chi connectivity index (χ3n) is 3.57. The number of hydrogen-bond acceptors (Lipinski definition) is 4. The summed E-state index contributed by atoms with van der Waals surface area (Å²) < 4.78 is 10.4. The maximum Gasteiger partial charge on any atom is 0.344 e. The van der Waals surface area contributed by atoms with Crippen LogP contribution in [0.1, 0.15) is 22.3 Å². The molecule has 0 atom stereocenters. The van der Waals surface area contributed by atoms with E-state index in [0.717, 1.165) is 22.3 Å². The van der Waals surface area contributed by atoms with Crippen LogP contribution in [0, 0.1) is 27.7 Å². The van der Waals surface area contributed by atoms with Crippen molar-refractivity contribution >= 4 is 17.6 Å². The number of hydrogen-bond donors (Lipinski definition) is 1. The van der Waals surface area contributed by atoms with Crippen molar-refractivity contribution in [3.63, 3.8) is 0 Å². The van der Waals surface area contributed by atoms with E-state index in [1.54, 1.807) is 0 Å². The first-order valence-electron chi connectivity index (χ1n) is 8.07. The minimum Gasteiger partial charge on any atom is -0.482 e. The molecule has 2 aromatic carbocycles. The first-order chi connectivity index (χ1) is 11.8. The lowest BCUT2D eigenvalue weighted by Crippen LogP contribution is -2.24. The monoisotopic (exact) mass is 341 g/mol. The van der Waals surface area contributed by atoms with Crippen molar-refractivity contribution in [2.75, 3.05) is 18.5 Å². The average Bonchev–Trinajstić information content (AvgIpc) is 2.53. The number of anilines is 1. The zero-order valence-corrected chi connectivity index (χ0v) is 15.0. The summed E-state index contributed by atoms with van der Waals surface area (Å²) in [6, 6.07) is 11.4. The zero-order valence-electron chi connectivity index (χ0n) is 15.0. The van der Waals surface area contributed by atoms with Gasteiger partial charge in [0.1, 0.15) is 5.75 Å². The van der Waals surface area contributed by atoms with Crippen molar-refractivity contribution in [1.29, 1.82) is 0 Å². The Morgan fingerprint density at radius 1 is 0.880 bits per heavy atom. The molecule has 2 rings (SSSR count). The van der Waals surface area contributed by atoms with E-state index in [1.807, 2.05) is 64.1 Å². The maximum absolute atomic E-state index is 11.9. The Hall–Kier alpha value is -2.82. The van der Waals surface area contributed by atoms with Gasteiger partial charge >= 0.3 is 5.97 Å². The Morgan fingerprint density at radius 3 is 2.20 bits per heavy atom. The predicted molar refractivity (Wildman–Crippen MR) is 96.9 cm³/mol. The predicted octanol–water partition coefficient (Wildman–Crippen LogP) is 3.48. The summed E-state index contributed by atoms with van der Waals surface area (Å²) in [5, 5.41) is 2.72. The molecule has 0 bridgehead atoms. The van der Waals surface area contributed by atoms with Crippen LogP contribution in [0.5, 0.6) is 5.75 Å². The fourth-order valence-corrected chi connectivity index (χ4v) is 2.49. The molecule has 25 heavy (non-hydrogen) atoms. The SMILES string of the molecule is Cc1cc(C)cc(OCC(=O)OCC(=O)Nc2ccc(C)cc2C)c1. The molecule has 5 nitrogen and oxygen atoms in total. The largest absolute Gasteiger partial charge is 0.482 e. The summed E-state index contributed by atoms with van der Waals surface area (Å²) in [4.78, 5) is 23.6. The lowest BCUT2D eigenvalue weighted by Gasteiger charge is -2.10. The highest BCUT2D eigenvalue weighted by molar-refractivity contribution is 5.93. The number of rotatable bonds is 6. The second-order valence-corrected chi connectivity index (χ2v) is 6.14. The fourth-order valence-electron chi connectivity index (χ4n) is 2.49. The highest BCUT2D eigenvalue weighted by Crippen LogP contribution is 2.17. The molecular weight excluding hydrogens is 318 g/mol.